The van der Waals surface area contributed by atoms with Gasteiger partial charge in [0.15, 0.2) is 0 Å². The van der Waals surface area contributed by atoms with Crippen LogP contribution < -0.4 is 15.5 Å². The van der Waals surface area contributed by atoms with E-state index < -0.39 is 0 Å². The summed E-state index contributed by atoms with van der Waals surface area (Å²) in [6, 6.07) is 11.2. The fourth-order valence-electron chi connectivity index (χ4n) is 5.37. The number of halogens is 1. The highest BCUT2D eigenvalue weighted by atomic mass is 35.5. The molecular formula is C29H34ClN7O2. The fourth-order valence-corrected chi connectivity index (χ4v) is 5.62. The molecule has 1 saturated heterocycles. The van der Waals surface area contributed by atoms with Gasteiger partial charge in [-0.1, -0.05) is 23.7 Å². The number of urea groups is 1. The van der Waals surface area contributed by atoms with E-state index in [1.54, 1.807) is 27.9 Å². The standard InChI is InChI=1S/C29H34ClN7O2/c1-19-3-8-26-25(13-19)33-27-23(16-32-34(27)2)18-37(26)28(38)21-6-7-22(24(30)14-21)15-31-29(39)36-11-9-35(10-12-36)17-20-4-5-20/h3,6-8,13-14,16,20,33H,4-5,9-12,15,17-18H2,1-2H3,(H,31,39). The number of fused-ring (bicyclic) bond motifs is 2. The quantitative estimate of drug-likeness (QED) is 0.490. The van der Waals surface area contributed by atoms with Crippen LogP contribution in [0.15, 0.2) is 42.6 Å². The molecule has 0 radical (unpaired) electrons. The van der Waals surface area contributed by atoms with Crippen LogP contribution in [0.5, 0.6) is 0 Å². The molecule has 2 aromatic carbocycles. The number of aromatic nitrogens is 2. The SMILES string of the molecule is Cc1ccc2c(c1)Nc1c(cnn1C)CN2C(=O)c1ccc(CNC(=O)N2CCN(CC3CC3)CC2)c(Cl)c1. The number of nitrogens with zero attached hydrogens (tertiary/aromatic N) is 5. The first kappa shape index (κ1) is 25.7. The Labute approximate surface area is 233 Å². The Balaban J connectivity index is 1.13. The lowest BCUT2D eigenvalue weighted by Crippen LogP contribution is -2.51. The van der Waals surface area contributed by atoms with Crippen LogP contribution in [0, 0.1) is 12.8 Å². The van der Waals surface area contributed by atoms with Gasteiger partial charge in [0.25, 0.3) is 5.91 Å². The normalized spacial score (nSPS) is 17.2. The van der Waals surface area contributed by atoms with Crippen LogP contribution in [-0.4, -0.2) is 64.2 Å². The van der Waals surface area contributed by atoms with Gasteiger partial charge in [0.05, 0.1) is 24.1 Å². The number of rotatable bonds is 5. The Bertz CT molecular complexity index is 1410. The monoisotopic (exact) mass is 547 g/mol. The summed E-state index contributed by atoms with van der Waals surface area (Å²) in [7, 11) is 1.88. The highest BCUT2D eigenvalue weighted by Crippen LogP contribution is 2.37. The number of hydrogen-bond acceptors (Lipinski definition) is 5. The molecule has 3 heterocycles. The molecule has 6 rings (SSSR count). The Morgan fingerprint density at radius 2 is 1.90 bits per heavy atom. The van der Waals surface area contributed by atoms with Crippen molar-refractivity contribution in [3.05, 3.63) is 69.9 Å². The molecule has 39 heavy (non-hydrogen) atoms. The van der Waals surface area contributed by atoms with Crippen molar-refractivity contribution >= 4 is 40.7 Å². The Hall–Kier alpha value is -3.56. The molecule has 9 nitrogen and oxygen atoms in total. The van der Waals surface area contributed by atoms with Gasteiger partial charge in [0, 0.05) is 62.5 Å². The second kappa shape index (κ2) is 10.5. The molecular weight excluding hydrogens is 514 g/mol. The first-order valence-electron chi connectivity index (χ1n) is 13.6. The lowest BCUT2D eigenvalue weighted by molar-refractivity contribution is 0.0985. The number of anilines is 3. The lowest BCUT2D eigenvalue weighted by atomic mass is 10.1. The van der Waals surface area contributed by atoms with E-state index in [-0.39, 0.29) is 11.9 Å². The number of nitrogens with one attached hydrogen (secondary N) is 2. The first-order valence-corrected chi connectivity index (χ1v) is 14.0. The maximum atomic E-state index is 13.8. The predicted octanol–water partition coefficient (Wildman–Crippen LogP) is 4.52. The molecule has 2 fully saturated rings. The molecule has 1 saturated carbocycles. The molecule has 2 N–H and O–H groups in total. The van der Waals surface area contributed by atoms with Crippen LogP contribution in [0.1, 0.15) is 39.9 Å². The maximum absolute atomic E-state index is 13.8. The van der Waals surface area contributed by atoms with E-state index in [0.29, 0.717) is 23.7 Å². The van der Waals surface area contributed by atoms with E-state index in [4.69, 9.17) is 11.6 Å². The number of carbonyl (C=O) groups is 2. The van der Waals surface area contributed by atoms with E-state index in [2.05, 4.69) is 20.6 Å². The van der Waals surface area contributed by atoms with Gasteiger partial charge in [-0.05, 0) is 61.1 Å². The molecule has 2 aliphatic heterocycles. The Morgan fingerprint density at radius 3 is 2.64 bits per heavy atom. The minimum atomic E-state index is -0.153. The molecule has 3 aliphatic rings. The molecule has 10 heteroatoms. The van der Waals surface area contributed by atoms with Gasteiger partial charge in [-0.15, -0.1) is 0 Å². The Kier molecular flexibility index (Phi) is 6.95. The molecule has 0 unspecified atom stereocenters. The second-order valence-corrected chi connectivity index (χ2v) is 11.3. The number of aryl methyl sites for hydroxylation is 2. The third-order valence-electron chi connectivity index (χ3n) is 7.89. The van der Waals surface area contributed by atoms with Crippen LogP contribution in [0.3, 0.4) is 0 Å². The van der Waals surface area contributed by atoms with Gasteiger partial charge in [-0.2, -0.15) is 5.10 Å². The van der Waals surface area contributed by atoms with E-state index in [9.17, 15) is 9.59 Å². The molecule has 0 spiro atoms. The summed E-state index contributed by atoms with van der Waals surface area (Å²) in [6.45, 7) is 7.22. The summed E-state index contributed by atoms with van der Waals surface area (Å²) in [6.07, 6.45) is 4.48. The van der Waals surface area contributed by atoms with Crippen LogP contribution in [0.2, 0.25) is 5.02 Å². The molecule has 3 aromatic rings. The zero-order valence-electron chi connectivity index (χ0n) is 22.4. The summed E-state index contributed by atoms with van der Waals surface area (Å²) < 4.78 is 1.78. The van der Waals surface area contributed by atoms with Crippen molar-refractivity contribution in [3.8, 4) is 0 Å². The van der Waals surface area contributed by atoms with Gasteiger partial charge >= 0.3 is 6.03 Å². The highest BCUT2D eigenvalue weighted by Gasteiger charge is 2.29. The first-order chi connectivity index (χ1) is 18.9. The number of piperazine rings is 1. The van der Waals surface area contributed by atoms with Gasteiger partial charge in [0.2, 0.25) is 0 Å². The van der Waals surface area contributed by atoms with Gasteiger partial charge in [-0.3, -0.25) is 14.4 Å². The van der Waals surface area contributed by atoms with E-state index in [1.807, 2.05) is 43.1 Å². The average Bonchev–Trinajstić information content (AvgIpc) is 3.71. The van der Waals surface area contributed by atoms with Crippen molar-refractivity contribution in [2.45, 2.75) is 32.9 Å². The summed E-state index contributed by atoms with van der Waals surface area (Å²) in [5.41, 5.74) is 4.93. The zero-order valence-corrected chi connectivity index (χ0v) is 23.2. The molecule has 204 valence electrons. The fraction of sp³-hybridized carbons (Fsp3) is 0.414. The largest absolute Gasteiger partial charge is 0.338 e. The molecule has 3 amide bonds. The molecule has 1 aliphatic carbocycles. The minimum absolute atomic E-state index is 0.0754. The van der Waals surface area contributed by atoms with Crippen LogP contribution in [0.25, 0.3) is 0 Å². The van der Waals surface area contributed by atoms with Crippen molar-refractivity contribution in [1.82, 2.24) is 24.9 Å². The van der Waals surface area contributed by atoms with Crippen LogP contribution in [-0.2, 0) is 20.1 Å². The third kappa shape index (κ3) is 5.46. The van der Waals surface area contributed by atoms with Crippen molar-refractivity contribution in [2.24, 2.45) is 13.0 Å². The van der Waals surface area contributed by atoms with Crippen molar-refractivity contribution < 1.29 is 9.59 Å². The topological polar surface area (TPSA) is 85.7 Å². The van der Waals surface area contributed by atoms with E-state index >= 15 is 0 Å². The molecule has 0 atom stereocenters. The van der Waals surface area contributed by atoms with Crippen LogP contribution in [0.4, 0.5) is 22.0 Å². The Morgan fingerprint density at radius 1 is 1.10 bits per heavy atom. The average molecular weight is 548 g/mol. The summed E-state index contributed by atoms with van der Waals surface area (Å²) in [5, 5.41) is 11.3. The summed E-state index contributed by atoms with van der Waals surface area (Å²) in [5.74, 6) is 1.58. The highest BCUT2D eigenvalue weighted by molar-refractivity contribution is 6.32. The third-order valence-corrected chi connectivity index (χ3v) is 8.24. The van der Waals surface area contributed by atoms with Gasteiger partial charge < -0.3 is 20.4 Å². The number of benzene rings is 2. The molecule has 0 bridgehead atoms. The van der Waals surface area contributed by atoms with Crippen molar-refractivity contribution in [2.75, 3.05) is 42.9 Å². The second-order valence-electron chi connectivity index (χ2n) is 10.9. The summed E-state index contributed by atoms with van der Waals surface area (Å²) in [4.78, 5) is 32.6. The van der Waals surface area contributed by atoms with Crippen molar-refractivity contribution in [1.29, 1.82) is 0 Å². The minimum Gasteiger partial charge on any atom is -0.338 e. The summed E-state index contributed by atoms with van der Waals surface area (Å²) >= 11 is 6.62. The van der Waals surface area contributed by atoms with E-state index in [1.165, 1.54) is 19.4 Å². The van der Waals surface area contributed by atoms with E-state index in [0.717, 1.165) is 66.0 Å². The predicted molar refractivity (Wildman–Crippen MR) is 153 cm³/mol. The smallest absolute Gasteiger partial charge is 0.317 e. The zero-order chi connectivity index (χ0) is 27.1. The number of amides is 3. The van der Waals surface area contributed by atoms with Crippen LogP contribution >= 0.6 is 11.6 Å². The van der Waals surface area contributed by atoms with Gasteiger partial charge in [-0.25, -0.2) is 4.79 Å². The van der Waals surface area contributed by atoms with Crippen molar-refractivity contribution in [3.63, 3.8) is 0 Å². The molecule has 1 aromatic heterocycles. The number of carbonyl (C=O) groups excluding carboxylic acids is 2. The van der Waals surface area contributed by atoms with Gasteiger partial charge in [0.1, 0.15) is 5.82 Å². The lowest BCUT2D eigenvalue weighted by Gasteiger charge is -2.34. The maximum Gasteiger partial charge on any atom is 0.317 e. The number of hydrogen-bond donors (Lipinski definition) is 2.